The highest BCUT2D eigenvalue weighted by atomic mass is 16.5. The molecule has 1 aromatic carbocycles. The number of aryl methyl sites for hydroxylation is 1. The zero-order valence-electron chi connectivity index (χ0n) is 16.4. The van der Waals surface area contributed by atoms with Crippen LogP contribution >= 0.6 is 0 Å². The molecule has 2 heterocycles. The summed E-state index contributed by atoms with van der Waals surface area (Å²) < 4.78 is 10.9. The second-order valence-corrected chi connectivity index (χ2v) is 7.11. The van der Waals surface area contributed by atoms with E-state index in [-0.39, 0.29) is 5.92 Å². The van der Waals surface area contributed by atoms with Crippen molar-refractivity contribution in [1.29, 1.82) is 0 Å². The van der Waals surface area contributed by atoms with Crippen LogP contribution in [0.1, 0.15) is 42.4 Å². The van der Waals surface area contributed by atoms with Crippen LogP contribution in [0, 0.1) is 19.8 Å². The number of ether oxygens (including phenoxy) is 2. The van der Waals surface area contributed by atoms with E-state index in [0.717, 1.165) is 51.6 Å². The van der Waals surface area contributed by atoms with Gasteiger partial charge < -0.3 is 14.5 Å². The summed E-state index contributed by atoms with van der Waals surface area (Å²) in [5.41, 5.74) is 5.18. The van der Waals surface area contributed by atoms with Crippen molar-refractivity contribution in [3.8, 4) is 11.5 Å². The lowest BCUT2D eigenvalue weighted by Crippen LogP contribution is -2.14. The molecule has 26 heavy (non-hydrogen) atoms. The minimum atomic E-state index is 0.243. The van der Waals surface area contributed by atoms with Gasteiger partial charge in [0, 0.05) is 41.4 Å². The van der Waals surface area contributed by atoms with Gasteiger partial charge in [-0.05, 0) is 31.9 Å². The maximum absolute atomic E-state index is 5.56. The fourth-order valence-electron chi connectivity index (χ4n) is 3.44. The maximum Gasteiger partial charge on any atom is 0.128 e. The smallest absolute Gasteiger partial charge is 0.128 e. The molecule has 0 fully saturated rings. The van der Waals surface area contributed by atoms with Crippen molar-refractivity contribution in [1.82, 2.24) is 15.0 Å². The first-order valence-electron chi connectivity index (χ1n) is 8.97. The summed E-state index contributed by atoms with van der Waals surface area (Å²) in [6.45, 7) is 8.54. The molecule has 0 aliphatic rings. The monoisotopic (exact) mass is 353 g/mol. The van der Waals surface area contributed by atoms with Crippen LogP contribution in [0.25, 0.3) is 11.0 Å². The Morgan fingerprint density at radius 1 is 1.12 bits per heavy atom. The normalized spacial score (nSPS) is 12.6. The van der Waals surface area contributed by atoms with Crippen molar-refractivity contribution in [3.63, 3.8) is 0 Å². The first-order chi connectivity index (χ1) is 12.4. The molecule has 1 N–H and O–H groups in total. The van der Waals surface area contributed by atoms with Gasteiger partial charge >= 0.3 is 0 Å². The number of fused-ring (bicyclic) bond motifs is 1. The molecule has 0 aliphatic heterocycles. The largest absolute Gasteiger partial charge is 0.497 e. The maximum atomic E-state index is 5.56. The summed E-state index contributed by atoms with van der Waals surface area (Å²) in [5.74, 6) is 3.41. The Bertz CT molecular complexity index is 915. The zero-order chi connectivity index (χ0) is 18.8. The summed E-state index contributed by atoms with van der Waals surface area (Å²) in [6, 6.07) is 5.92. The average Bonchev–Trinajstić information content (AvgIpc) is 3.03. The van der Waals surface area contributed by atoms with Gasteiger partial charge in [-0.1, -0.05) is 13.8 Å². The highest BCUT2D eigenvalue weighted by Crippen LogP contribution is 2.32. The van der Waals surface area contributed by atoms with E-state index in [2.05, 4.69) is 30.7 Å². The summed E-state index contributed by atoms with van der Waals surface area (Å²) in [7, 11) is 3.39. The molecule has 1 unspecified atom stereocenters. The number of pyridine rings is 1. The summed E-state index contributed by atoms with van der Waals surface area (Å²) in [6.07, 6.45) is 2.71. The fourth-order valence-corrected chi connectivity index (χ4v) is 3.44. The Balaban J connectivity index is 1.98. The van der Waals surface area contributed by atoms with Crippen molar-refractivity contribution in [2.45, 2.75) is 40.0 Å². The number of benzene rings is 1. The number of aromatic amines is 1. The van der Waals surface area contributed by atoms with E-state index in [4.69, 9.17) is 14.5 Å². The highest BCUT2D eigenvalue weighted by molar-refractivity contribution is 5.77. The third-order valence-electron chi connectivity index (χ3n) is 5.03. The van der Waals surface area contributed by atoms with Crippen molar-refractivity contribution < 1.29 is 9.47 Å². The standard InChI is InChI=1S/C21H27N3O2/c1-12(2)16(10-18-14(4)20(26-6)13(3)11-22-18)21-23-17-8-7-15(25-5)9-19(17)24-21/h7-9,11-12,16H,10H2,1-6H3,(H,23,24). The van der Waals surface area contributed by atoms with Crippen molar-refractivity contribution >= 4 is 11.0 Å². The van der Waals surface area contributed by atoms with Gasteiger partial charge in [-0.25, -0.2) is 4.98 Å². The van der Waals surface area contributed by atoms with Crippen molar-refractivity contribution in [2.75, 3.05) is 14.2 Å². The number of nitrogens with one attached hydrogen (secondary N) is 1. The summed E-state index contributed by atoms with van der Waals surface area (Å²) in [4.78, 5) is 13.0. The Morgan fingerprint density at radius 2 is 1.88 bits per heavy atom. The van der Waals surface area contributed by atoms with Crippen LogP contribution in [-0.2, 0) is 6.42 Å². The third kappa shape index (κ3) is 3.39. The second kappa shape index (κ2) is 7.36. The van der Waals surface area contributed by atoms with Crippen LogP contribution < -0.4 is 9.47 Å². The fraction of sp³-hybridized carbons (Fsp3) is 0.429. The molecule has 1 atom stereocenters. The number of hydrogen-bond acceptors (Lipinski definition) is 4. The topological polar surface area (TPSA) is 60.0 Å². The van der Waals surface area contributed by atoms with E-state index in [0.29, 0.717) is 5.92 Å². The Labute approximate surface area is 154 Å². The van der Waals surface area contributed by atoms with Crippen LogP contribution in [0.2, 0.25) is 0 Å². The van der Waals surface area contributed by atoms with Gasteiger partial charge in [0.2, 0.25) is 0 Å². The van der Waals surface area contributed by atoms with E-state index in [1.807, 2.05) is 31.3 Å². The molecule has 3 rings (SSSR count). The molecule has 0 saturated carbocycles. The molecule has 2 aromatic heterocycles. The van der Waals surface area contributed by atoms with Gasteiger partial charge in [0.05, 0.1) is 25.3 Å². The number of H-pyrrole nitrogens is 1. The SMILES string of the molecule is COc1ccc2nc(C(Cc3ncc(C)c(OC)c3C)C(C)C)[nH]c2c1. The van der Waals surface area contributed by atoms with E-state index in [1.165, 1.54) is 0 Å². The lowest BCUT2D eigenvalue weighted by Gasteiger charge is -2.20. The molecular formula is C21H27N3O2. The molecule has 0 spiro atoms. The van der Waals surface area contributed by atoms with Crippen LogP contribution in [0.5, 0.6) is 11.5 Å². The predicted octanol–water partition coefficient (Wildman–Crippen LogP) is 4.57. The predicted molar refractivity (Wildman–Crippen MR) is 104 cm³/mol. The average molecular weight is 353 g/mol. The minimum Gasteiger partial charge on any atom is -0.497 e. The Kier molecular flexibility index (Phi) is 5.16. The molecule has 0 radical (unpaired) electrons. The molecule has 5 heteroatoms. The summed E-state index contributed by atoms with van der Waals surface area (Å²) >= 11 is 0. The quantitative estimate of drug-likeness (QED) is 0.705. The van der Waals surface area contributed by atoms with Crippen LogP contribution in [-0.4, -0.2) is 29.2 Å². The second-order valence-electron chi connectivity index (χ2n) is 7.11. The molecule has 5 nitrogen and oxygen atoms in total. The van der Waals surface area contributed by atoms with E-state index >= 15 is 0 Å². The first-order valence-corrected chi connectivity index (χ1v) is 8.97. The molecule has 0 aliphatic carbocycles. The van der Waals surface area contributed by atoms with Crippen molar-refractivity contribution in [2.24, 2.45) is 5.92 Å². The van der Waals surface area contributed by atoms with E-state index in [9.17, 15) is 0 Å². The number of hydrogen-bond donors (Lipinski definition) is 1. The lowest BCUT2D eigenvalue weighted by molar-refractivity contribution is 0.405. The molecule has 138 valence electrons. The van der Waals surface area contributed by atoms with Crippen molar-refractivity contribution in [3.05, 3.63) is 47.0 Å². The summed E-state index contributed by atoms with van der Waals surface area (Å²) in [5, 5.41) is 0. The van der Waals surface area contributed by atoms with Crippen LogP contribution in [0.15, 0.2) is 24.4 Å². The van der Waals surface area contributed by atoms with Gasteiger partial charge in [-0.15, -0.1) is 0 Å². The first kappa shape index (κ1) is 18.2. The number of methoxy groups -OCH3 is 2. The van der Waals surface area contributed by atoms with Gasteiger partial charge in [0.1, 0.15) is 17.3 Å². The van der Waals surface area contributed by atoms with Gasteiger partial charge in [0.25, 0.3) is 0 Å². The number of aromatic nitrogens is 3. The Morgan fingerprint density at radius 3 is 2.54 bits per heavy atom. The highest BCUT2D eigenvalue weighted by Gasteiger charge is 2.23. The lowest BCUT2D eigenvalue weighted by atomic mass is 9.89. The number of rotatable bonds is 6. The van der Waals surface area contributed by atoms with E-state index in [1.54, 1.807) is 14.2 Å². The van der Waals surface area contributed by atoms with Gasteiger partial charge in [-0.3, -0.25) is 4.98 Å². The molecule has 0 saturated heterocycles. The van der Waals surface area contributed by atoms with Crippen LogP contribution in [0.4, 0.5) is 0 Å². The molecule has 3 aromatic rings. The Hall–Kier alpha value is -2.56. The minimum absolute atomic E-state index is 0.243. The number of imidazole rings is 1. The molecule has 0 bridgehead atoms. The van der Waals surface area contributed by atoms with Gasteiger partial charge in [0.15, 0.2) is 0 Å². The zero-order valence-corrected chi connectivity index (χ0v) is 16.4. The third-order valence-corrected chi connectivity index (χ3v) is 5.03. The molecule has 0 amide bonds. The van der Waals surface area contributed by atoms with Gasteiger partial charge in [-0.2, -0.15) is 0 Å². The number of nitrogens with zero attached hydrogens (tertiary/aromatic N) is 2. The molecular weight excluding hydrogens is 326 g/mol. The van der Waals surface area contributed by atoms with E-state index < -0.39 is 0 Å². The van der Waals surface area contributed by atoms with Crippen LogP contribution in [0.3, 0.4) is 0 Å².